The molecule has 0 saturated carbocycles. The Bertz CT molecular complexity index is 2310. The van der Waals surface area contributed by atoms with Crippen LogP contribution in [0.5, 0.6) is 11.5 Å². The Morgan fingerprint density at radius 2 is 1.12 bits per heavy atom. The van der Waals surface area contributed by atoms with Crippen molar-refractivity contribution in [1.29, 1.82) is 5.26 Å². The van der Waals surface area contributed by atoms with Crippen molar-refractivity contribution in [2.75, 3.05) is 14.1 Å². The fourth-order valence-corrected chi connectivity index (χ4v) is 7.19. The zero-order valence-corrected chi connectivity index (χ0v) is 37.8. The number of carbonyl (C=O) groups excluding carboxylic acids is 4. The Labute approximate surface area is 372 Å². The van der Waals surface area contributed by atoms with Crippen molar-refractivity contribution in [1.82, 2.24) is 21.3 Å². The van der Waals surface area contributed by atoms with Crippen LogP contribution in [-0.2, 0) is 22.4 Å². The van der Waals surface area contributed by atoms with Crippen molar-refractivity contribution in [2.24, 2.45) is 0 Å². The smallest absolute Gasteiger partial charge is 0.251 e. The van der Waals surface area contributed by atoms with Gasteiger partial charge in [-0.3, -0.25) is 19.2 Å². The molecule has 0 aliphatic heterocycles. The second-order valence-corrected chi connectivity index (χ2v) is 16.6. The predicted octanol–water partition coefficient (Wildman–Crippen LogP) is 8.79. The zero-order valence-electron chi connectivity index (χ0n) is 33.9. The predicted molar refractivity (Wildman–Crippen MR) is 241 cm³/mol. The SMILES string of the molecule is CNC(=O)C(Cc1ccc(-c2ccsc2C#N)cc1)NC(=O)c1ccc(OC(C)C)c(Cl)c1.CNC(=O)C(Cc1ccc(Br)cc1)NC(=O)c1ccc(OC(C)C)c(Cl)c1. The first-order chi connectivity index (χ1) is 28.6. The molecule has 0 aliphatic rings. The summed E-state index contributed by atoms with van der Waals surface area (Å²) >= 11 is 17.2. The molecule has 5 aromatic rings. The number of likely N-dealkylation sites (N-methyl/N-ethyl adjacent to an activating group) is 2. The molecule has 4 aromatic carbocycles. The first kappa shape index (κ1) is 47.3. The fourth-order valence-electron chi connectivity index (χ4n) is 5.77. The molecule has 4 amide bonds. The Morgan fingerprint density at radius 1 is 0.683 bits per heavy atom. The van der Waals surface area contributed by atoms with Crippen LogP contribution in [0.25, 0.3) is 11.1 Å². The van der Waals surface area contributed by atoms with Crippen molar-refractivity contribution >= 4 is 74.1 Å². The van der Waals surface area contributed by atoms with E-state index in [0.29, 0.717) is 50.4 Å². The molecule has 0 saturated heterocycles. The highest BCUT2D eigenvalue weighted by atomic mass is 79.9. The number of hydrogen-bond donors (Lipinski definition) is 4. The topological polar surface area (TPSA) is 159 Å². The van der Waals surface area contributed by atoms with Gasteiger partial charge in [-0.05, 0) is 104 Å². The number of nitrogens with zero attached hydrogens (tertiary/aromatic N) is 1. The molecular weight excluding hydrogens is 889 g/mol. The van der Waals surface area contributed by atoms with Crippen molar-refractivity contribution in [3.8, 4) is 28.7 Å². The van der Waals surface area contributed by atoms with Crippen molar-refractivity contribution in [2.45, 2.75) is 64.8 Å². The first-order valence-electron chi connectivity index (χ1n) is 18.9. The highest BCUT2D eigenvalue weighted by molar-refractivity contribution is 9.10. The number of halogens is 3. The molecule has 60 heavy (non-hydrogen) atoms. The van der Waals surface area contributed by atoms with E-state index in [1.54, 1.807) is 24.3 Å². The monoisotopic (exact) mass is 933 g/mol. The van der Waals surface area contributed by atoms with Gasteiger partial charge >= 0.3 is 0 Å². The molecular formula is C45H46BrCl2N5O6S. The van der Waals surface area contributed by atoms with Gasteiger partial charge in [0.2, 0.25) is 11.8 Å². The number of amides is 4. The maximum atomic E-state index is 12.8. The van der Waals surface area contributed by atoms with Gasteiger partial charge in [-0.2, -0.15) is 5.26 Å². The quantitative estimate of drug-likeness (QED) is 0.0817. The van der Waals surface area contributed by atoms with Gasteiger partial charge < -0.3 is 30.7 Å². The Hall–Kier alpha value is -5.39. The van der Waals surface area contributed by atoms with Gasteiger partial charge in [0.25, 0.3) is 11.8 Å². The number of hydrogen-bond acceptors (Lipinski definition) is 8. The number of thiophene rings is 1. The van der Waals surface area contributed by atoms with Crippen LogP contribution in [0, 0.1) is 11.3 Å². The van der Waals surface area contributed by atoms with Gasteiger partial charge in [0, 0.05) is 48.1 Å². The molecule has 5 rings (SSSR count). The van der Waals surface area contributed by atoms with Gasteiger partial charge in [-0.25, -0.2) is 0 Å². The second-order valence-electron chi connectivity index (χ2n) is 13.9. The summed E-state index contributed by atoms with van der Waals surface area (Å²) in [6.45, 7) is 7.57. The van der Waals surface area contributed by atoms with E-state index < -0.39 is 18.0 Å². The van der Waals surface area contributed by atoms with Crippen LogP contribution >= 0.6 is 50.5 Å². The molecule has 0 spiro atoms. The van der Waals surface area contributed by atoms with E-state index in [0.717, 1.165) is 26.7 Å². The number of nitrogens with one attached hydrogen (secondary N) is 4. The Balaban J connectivity index is 0.000000270. The van der Waals surface area contributed by atoms with Crippen LogP contribution in [0.15, 0.2) is 101 Å². The van der Waals surface area contributed by atoms with E-state index >= 15 is 0 Å². The third-order valence-electron chi connectivity index (χ3n) is 8.67. The molecule has 4 N–H and O–H groups in total. The minimum absolute atomic E-state index is 0.0225. The largest absolute Gasteiger partial charge is 0.489 e. The average molecular weight is 936 g/mol. The van der Waals surface area contributed by atoms with Gasteiger partial charge in [0.05, 0.1) is 22.3 Å². The van der Waals surface area contributed by atoms with Crippen LogP contribution in [0.3, 0.4) is 0 Å². The highest BCUT2D eigenvalue weighted by Crippen LogP contribution is 2.29. The zero-order chi connectivity index (χ0) is 43.9. The van der Waals surface area contributed by atoms with Crippen molar-refractivity contribution in [3.63, 3.8) is 0 Å². The molecule has 15 heteroatoms. The van der Waals surface area contributed by atoms with Crippen molar-refractivity contribution in [3.05, 3.63) is 138 Å². The molecule has 11 nitrogen and oxygen atoms in total. The van der Waals surface area contributed by atoms with E-state index in [-0.39, 0.29) is 29.9 Å². The van der Waals surface area contributed by atoms with Gasteiger partial charge in [0.1, 0.15) is 34.5 Å². The van der Waals surface area contributed by atoms with Gasteiger partial charge in [-0.15, -0.1) is 11.3 Å². The summed E-state index contributed by atoms with van der Waals surface area (Å²) in [6.07, 6.45) is 0.618. The second kappa shape index (κ2) is 22.8. The molecule has 314 valence electrons. The van der Waals surface area contributed by atoms with E-state index in [9.17, 15) is 24.4 Å². The number of nitriles is 1. The first-order valence-corrected chi connectivity index (χ1v) is 21.3. The minimum Gasteiger partial charge on any atom is -0.489 e. The summed E-state index contributed by atoms with van der Waals surface area (Å²) in [7, 11) is 3.07. The van der Waals surface area contributed by atoms with Crippen LogP contribution < -0.4 is 30.7 Å². The average Bonchev–Trinajstić information content (AvgIpc) is 3.71. The number of ether oxygens (including phenoxy) is 2. The maximum Gasteiger partial charge on any atom is 0.251 e. The normalized spacial score (nSPS) is 11.6. The lowest BCUT2D eigenvalue weighted by Gasteiger charge is -2.18. The minimum atomic E-state index is -0.769. The number of benzene rings is 4. The molecule has 0 aliphatic carbocycles. The van der Waals surface area contributed by atoms with Crippen LogP contribution in [0.4, 0.5) is 0 Å². The standard InChI is InChI=1S/C25H24ClN3O3S.C20H22BrClN2O3/c1-15(2)32-22-9-8-18(13-20(22)26)24(30)29-21(25(31)28-3)12-16-4-6-17(7-5-16)19-10-11-33-23(19)14-27;1-12(2)27-18-9-6-14(11-16(18)22)19(25)24-17(20(26)23-3)10-13-4-7-15(21)8-5-13/h4-11,13,15,21H,12H2,1-3H3,(H,28,31)(H,29,30);4-9,11-12,17H,10H2,1-3H3,(H,23,26)(H,24,25). The maximum absolute atomic E-state index is 12.8. The van der Waals surface area contributed by atoms with Crippen LogP contribution in [0.1, 0.15) is 64.4 Å². The Morgan fingerprint density at radius 3 is 1.50 bits per heavy atom. The van der Waals surface area contributed by atoms with Crippen molar-refractivity contribution < 1.29 is 28.7 Å². The van der Waals surface area contributed by atoms with Crippen LogP contribution in [-0.4, -0.2) is 62.0 Å². The number of rotatable bonds is 15. The summed E-state index contributed by atoms with van der Waals surface area (Å²) < 4.78 is 12.1. The molecule has 0 fully saturated rings. The summed E-state index contributed by atoms with van der Waals surface area (Å²) in [6, 6.07) is 27.4. The van der Waals surface area contributed by atoms with E-state index in [2.05, 4.69) is 43.3 Å². The lowest BCUT2D eigenvalue weighted by molar-refractivity contribution is -0.123. The molecule has 0 bridgehead atoms. The number of carbonyl (C=O) groups is 4. The van der Waals surface area contributed by atoms with Gasteiger partial charge in [0.15, 0.2) is 0 Å². The molecule has 2 atom stereocenters. The summed E-state index contributed by atoms with van der Waals surface area (Å²) in [5, 5.41) is 22.5. The summed E-state index contributed by atoms with van der Waals surface area (Å²) in [5.41, 5.74) is 4.32. The Kier molecular flexibility index (Phi) is 18.0. The molecule has 2 unspecified atom stereocenters. The van der Waals surface area contributed by atoms with Crippen LogP contribution in [0.2, 0.25) is 10.0 Å². The lowest BCUT2D eigenvalue weighted by Crippen LogP contribution is -2.47. The molecule has 1 heterocycles. The van der Waals surface area contributed by atoms with E-state index in [1.165, 1.54) is 37.6 Å². The highest BCUT2D eigenvalue weighted by Gasteiger charge is 2.23. The van der Waals surface area contributed by atoms with Gasteiger partial charge in [-0.1, -0.05) is 75.5 Å². The molecule has 1 aromatic heterocycles. The van der Waals surface area contributed by atoms with E-state index in [1.807, 2.05) is 87.7 Å². The lowest BCUT2D eigenvalue weighted by atomic mass is 10.0. The third kappa shape index (κ3) is 13.8. The molecule has 0 radical (unpaired) electrons. The van der Waals surface area contributed by atoms with E-state index in [4.69, 9.17) is 32.7 Å². The summed E-state index contributed by atoms with van der Waals surface area (Å²) in [5.74, 6) is -0.342. The summed E-state index contributed by atoms with van der Waals surface area (Å²) in [4.78, 5) is 50.7. The third-order valence-corrected chi connectivity index (χ3v) is 10.6. The fraction of sp³-hybridized carbons (Fsp3) is 0.267.